The number of benzene rings is 4. The topological polar surface area (TPSA) is 24.7 Å². The summed E-state index contributed by atoms with van der Waals surface area (Å²) < 4.78 is 0. The van der Waals surface area contributed by atoms with Crippen LogP contribution in [-0.2, 0) is 0 Å². The standard InChI is InChI=1S/C22H12Cl2N2/c23-21-17-9-13-5-1-3-7-15(13)11-19(17)25-22(24)18-10-14-6-2-4-8-16(14)12-20(18)26-21/h1-12H. The summed E-state index contributed by atoms with van der Waals surface area (Å²) in [6.45, 7) is 0. The Morgan fingerprint density at radius 1 is 0.500 bits per heavy atom. The molecule has 0 saturated carbocycles. The maximum Gasteiger partial charge on any atom is 0.139 e. The van der Waals surface area contributed by atoms with Crippen LogP contribution in [0, 0.1) is 0 Å². The zero-order valence-electron chi connectivity index (χ0n) is 13.6. The van der Waals surface area contributed by atoms with Crippen LogP contribution in [0.4, 0.5) is 11.4 Å². The summed E-state index contributed by atoms with van der Waals surface area (Å²) in [5.41, 5.74) is 3.01. The first-order valence-electron chi connectivity index (χ1n) is 8.24. The fourth-order valence-corrected chi connectivity index (χ4v) is 3.79. The number of halogens is 2. The molecule has 0 unspecified atom stereocenters. The van der Waals surface area contributed by atoms with Crippen molar-refractivity contribution in [1.82, 2.24) is 0 Å². The summed E-state index contributed by atoms with van der Waals surface area (Å²) in [6, 6.07) is 24.2. The zero-order valence-corrected chi connectivity index (χ0v) is 15.1. The van der Waals surface area contributed by atoms with Crippen molar-refractivity contribution in [2.45, 2.75) is 0 Å². The molecule has 1 aliphatic rings. The van der Waals surface area contributed by atoms with Gasteiger partial charge in [0.05, 0.1) is 11.4 Å². The second-order valence-electron chi connectivity index (χ2n) is 6.24. The molecule has 5 rings (SSSR count). The number of nitrogens with zero attached hydrogens (tertiary/aromatic N) is 2. The minimum Gasteiger partial charge on any atom is -0.235 e. The van der Waals surface area contributed by atoms with Gasteiger partial charge < -0.3 is 0 Å². The van der Waals surface area contributed by atoms with E-state index in [1.165, 1.54) is 0 Å². The van der Waals surface area contributed by atoms with Gasteiger partial charge in [-0.3, -0.25) is 0 Å². The van der Waals surface area contributed by atoms with E-state index in [1.54, 1.807) is 0 Å². The van der Waals surface area contributed by atoms with E-state index in [0.29, 0.717) is 10.3 Å². The van der Waals surface area contributed by atoms with E-state index in [1.807, 2.05) is 72.8 Å². The molecule has 26 heavy (non-hydrogen) atoms. The largest absolute Gasteiger partial charge is 0.235 e. The van der Waals surface area contributed by atoms with E-state index in [0.717, 1.165) is 44.0 Å². The lowest BCUT2D eigenvalue weighted by Gasteiger charge is -2.13. The molecule has 124 valence electrons. The molecule has 0 radical (unpaired) electrons. The van der Waals surface area contributed by atoms with Crippen molar-refractivity contribution < 1.29 is 0 Å². The first-order chi connectivity index (χ1) is 12.7. The van der Waals surface area contributed by atoms with Gasteiger partial charge in [0, 0.05) is 11.1 Å². The third-order valence-corrected chi connectivity index (χ3v) is 5.19. The van der Waals surface area contributed by atoms with Crippen LogP contribution in [0.5, 0.6) is 0 Å². The monoisotopic (exact) mass is 374 g/mol. The Kier molecular flexibility index (Phi) is 3.56. The average molecular weight is 375 g/mol. The molecule has 0 bridgehead atoms. The minimum absolute atomic E-state index is 0.412. The third kappa shape index (κ3) is 2.50. The highest BCUT2D eigenvalue weighted by Crippen LogP contribution is 2.36. The SMILES string of the molecule is ClC1=Nc2cc3ccccc3cc2C(Cl)=Nc2cc3ccccc3cc21. The van der Waals surface area contributed by atoms with Crippen LogP contribution < -0.4 is 0 Å². The van der Waals surface area contributed by atoms with E-state index in [2.05, 4.69) is 9.98 Å². The third-order valence-electron chi connectivity index (χ3n) is 4.61. The molecule has 0 atom stereocenters. The molecule has 0 aromatic heterocycles. The van der Waals surface area contributed by atoms with Crippen LogP contribution in [0.2, 0.25) is 0 Å². The molecule has 4 aromatic rings. The van der Waals surface area contributed by atoms with Crippen molar-refractivity contribution in [3.63, 3.8) is 0 Å². The van der Waals surface area contributed by atoms with Crippen LogP contribution in [0.15, 0.2) is 82.8 Å². The molecule has 0 fully saturated rings. The van der Waals surface area contributed by atoms with Crippen LogP contribution in [0.25, 0.3) is 21.5 Å². The molecule has 4 heteroatoms. The first kappa shape index (κ1) is 15.6. The van der Waals surface area contributed by atoms with Crippen LogP contribution in [0.3, 0.4) is 0 Å². The highest BCUT2D eigenvalue weighted by atomic mass is 35.5. The molecule has 0 N–H and O–H groups in total. The second kappa shape index (κ2) is 5.94. The van der Waals surface area contributed by atoms with Gasteiger partial charge in [0.15, 0.2) is 0 Å². The van der Waals surface area contributed by atoms with E-state index in [-0.39, 0.29) is 0 Å². The minimum atomic E-state index is 0.412. The molecule has 1 aliphatic heterocycles. The van der Waals surface area contributed by atoms with Gasteiger partial charge in [-0.1, -0.05) is 71.7 Å². The predicted molar refractivity (Wildman–Crippen MR) is 112 cm³/mol. The fourth-order valence-electron chi connectivity index (χ4n) is 3.30. The Balaban J connectivity index is 1.82. The van der Waals surface area contributed by atoms with Crippen molar-refractivity contribution in [3.05, 3.63) is 83.9 Å². The second-order valence-corrected chi connectivity index (χ2v) is 6.95. The maximum absolute atomic E-state index is 6.59. The lowest BCUT2D eigenvalue weighted by Crippen LogP contribution is -2.00. The smallest absolute Gasteiger partial charge is 0.139 e. The van der Waals surface area contributed by atoms with E-state index in [4.69, 9.17) is 23.2 Å². The highest BCUT2D eigenvalue weighted by Gasteiger charge is 2.17. The quantitative estimate of drug-likeness (QED) is 0.318. The van der Waals surface area contributed by atoms with Crippen LogP contribution in [0.1, 0.15) is 11.1 Å². The molecule has 0 amide bonds. The van der Waals surface area contributed by atoms with Crippen molar-refractivity contribution in [3.8, 4) is 0 Å². The summed E-state index contributed by atoms with van der Waals surface area (Å²) in [4.78, 5) is 9.33. The number of aliphatic imine (C=N–C) groups is 2. The van der Waals surface area contributed by atoms with Gasteiger partial charge in [-0.15, -0.1) is 0 Å². The number of fused-ring (bicyclic) bond motifs is 4. The van der Waals surface area contributed by atoms with Crippen molar-refractivity contribution >= 4 is 66.5 Å². The Morgan fingerprint density at radius 2 is 0.846 bits per heavy atom. The molecular formula is C22H12Cl2N2. The maximum atomic E-state index is 6.59. The van der Waals surface area contributed by atoms with Gasteiger partial charge in [-0.25, -0.2) is 9.98 Å². The molecule has 2 nitrogen and oxygen atoms in total. The summed E-state index contributed by atoms with van der Waals surface area (Å²) in [6.07, 6.45) is 0. The Morgan fingerprint density at radius 3 is 1.23 bits per heavy atom. The fraction of sp³-hybridized carbons (Fsp3) is 0. The van der Waals surface area contributed by atoms with E-state index in [9.17, 15) is 0 Å². The van der Waals surface area contributed by atoms with Gasteiger partial charge in [-0.05, 0) is 45.8 Å². The first-order valence-corrected chi connectivity index (χ1v) is 8.99. The summed E-state index contributed by atoms with van der Waals surface area (Å²) in [5.74, 6) is 0. The van der Waals surface area contributed by atoms with Crippen molar-refractivity contribution in [2.75, 3.05) is 0 Å². The molecule has 4 aromatic carbocycles. The Hall–Kier alpha value is -2.68. The Labute approximate surface area is 160 Å². The van der Waals surface area contributed by atoms with Crippen LogP contribution in [-0.4, -0.2) is 10.3 Å². The molecule has 1 heterocycles. The summed E-state index contributed by atoms with van der Waals surface area (Å²) in [5, 5.41) is 5.17. The van der Waals surface area contributed by atoms with Crippen LogP contribution >= 0.6 is 23.2 Å². The van der Waals surface area contributed by atoms with E-state index >= 15 is 0 Å². The molecule has 0 spiro atoms. The molecule has 0 saturated heterocycles. The van der Waals surface area contributed by atoms with Gasteiger partial charge in [0.25, 0.3) is 0 Å². The molecular weight excluding hydrogens is 363 g/mol. The van der Waals surface area contributed by atoms with E-state index < -0.39 is 0 Å². The van der Waals surface area contributed by atoms with Gasteiger partial charge >= 0.3 is 0 Å². The number of hydrogen-bond donors (Lipinski definition) is 0. The van der Waals surface area contributed by atoms with Gasteiger partial charge in [0.2, 0.25) is 0 Å². The summed E-state index contributed by atoms with van der Waals surface area (Å²) in [7, 11) is 0. The Bertz CT molecular complexity index is 1160. The van der Waals surface area contributed by atoms with Crippen molar-refractivity contribution in [1.29, 1.82) is 0 Å². The molecule has 0 aliphatic carbocycles. The number of rotatable bonds is 0. The van der Waals surface area contributed by atoms with Gasteiger partial charge in [-0.2, -0.15) is 0 Å². The highest BCUT2D eigenvalue weighted by molar-refractivity contribution is 6.72. The van der Waals surface area contributed by atoms with Crippen molar-refractivity contribution in [2.24, 2.45) is 9.98 Å². The van der Waals surface area contributed by atoms with Gasteiger partial charge in [0.1, 0.15) is 10.3 Å². The normalized spacial score (nSPS) is 13.5. The predicted octanol–water partition coefficient (Wildman–Crippen LogP) is 6.94. The lowest BCUT2D eigenvalue weighted by molar-refractivity contribution is 1.46. The average Bonchev–Trinajstić information content (AvgIpc) is 2.66. The zero-order chi connectivity index (χ0) is 17.7. The summed E-state index contributed by atoms with van der Waals surface area (Å²) >= 11 is 13.2. The number of hydrogen-bond acceptors (Lipinski definition) is 2. The lowest BCUT2D eigenvalue weighted by atomic mass is 10.0.